The normalized spacial score (nSPS) is 10.6. The van der Waals surface area contributed by atoms with Crippen LogP contribution in [0.1, 0.15) is 11.4 Å². The van der Waals surface area contributed by atoms with Crippen molar-refractivity contribution in [2.75, 3.05) is 13.7 Å². The molecule has 0 unspecified atom stereocenters. The molecule has 1 aromatic carbocycles. The molecule has 108 valence electrons. The maximum absolute atomic E-state index is 9.38. The van der Waals surface area contributed by atoms with Gasteiger partial charge < -0.3 is 19.1 Å². The van der Waals surface area contributed by atoms with E-state index in [4.69, 9.17) is 21.1 Å². The van der Waals surface area contributed by atoms with Crippen molar-refractivity contribution in [2.24, 2.45) is 0 Å². The van der Waals surface area contributed by atoms with Crippen LogP contribution in [0.15, 0.2) is 24.5 Å². The molecular weight excluding hydrogens is 280 g/mol. The lowest BCUT2D eigenvalue weighted by atomic mass is 10.2. The highest BCUT2D eigenvalue weighted by molar-refractivity contribution is 6.30. The van der Waals surface area contributed by atoms with Gasteiger partial charge in [-0.15, -0.1) is 0 Å². The fourth-order valence-electron chi connectivity index (χ4n) is 1.94. The fraction of sp³-hybridized carbons (Fsp3) is 0.357. The lowest BCUT2D eigenvalue weighted by molar-refractivity contribution is 0.248. The number of methoxy groups -OCH3 is 1. The predicted molar refractivity (Wildman–Crippen MR) is 76.4 cm³/mol. The minimum Gasteiger partial charge on any atom is -0.493 e. The van der Waals surface area contributed by atoms with Gasteiger partial charge in [-0.3, -0.25) is 0 Å². The van der Waals surface area contributed by atoms with Gasteiger partial charge in [0.1, 0.15) is 12.4 Å². The summed E-state index contributed by atoms with van der Waals surface area (Å²) in [6.45, 7) is 2.89. The van der Waals surface area contributed by atoms with Crippen LogP contribution in [-0.2, 0) is 13.2 Å². The first-order chi connectivity index (χ1) is 9.65. The molecule has 2 rings (SSSR count). The number of benzene rings is 1. The lowest BCUT2D eigenvalue weighted by Gasteiger charge is -2.15. The highest BCUT2D eigenvalue weighted by Gasteiger charge is 2.12. The second-order valence-electron chi connectivity index (χ2n) is 4.27. The number of aryl methyl sites for hydroxylation is 1. The van der Waals surface area contributed by atoms with Gasteiger partial charge >= 0.3 is 0 Å². The molecular formula is C14H17ClN2O3. The Morgan fingerprint density at radius 1 is 1.40 bits per heavy atom. The molecule has 6 heteroatoms. The number of aromatic nitrogens is 2. The first kappa shape index (κ1) is 14.7. The molecule has 0 amide bonds. The number of hydrogen-bond acceptors (Lipinski definition) is 4. The molecule has 0 saturated carbocycles. The van der Waals surface area contributed by atoms with E-state index in [1.54, 1.807) is 25.4 Å². The van der Waals surface area contributed by atoms with E-state index in [9.17, 15) is 5.11 Å². The van der Waals surface area contributed by atoms with Crippen molar-refractivity contribution in [3.8, 4) is 11.5 Å². The third kappa shape index (κ3) is 3.23. The number of aliphatic hydroxyl groups is 1. The molecule has 2 aromatic rings. The zero-order chi connectivity index (χ0) is 14.5. The molecule has 0 fully saturated rings. The van der Waals surface area contributed by atoms with Crippen LogP contribution in [0.5, 0.6) is 11.5 Å². The molecule has 1 N–H and O–H groups in total. The molecule has 20 heavy (non-hydrogen) atoms. The zero-order valence-electron chi connectivity index (χ0n) is 11.5. The quantitative estimate of drug-likeness (QED) is 0.889. The number of aliphatic hydroxyl groups excluding tert-OH is 1. The first-order valence-corrected chi connectivity index (χ1v) is 6.61. The van der Waals surface area contributed by atoms with E-state index in [0.29, 0.717) is 35.2 Å². The smallest absolute Gasteiger partial charge is 0.166 e. The van der Waals surface area contributed by atoms with Crippen LogP contribution in [0.3, 0.4) is 0 Å². The van der Waals surface area contributed by atoms with Gasteiger partial charge in [0.05, 0.1) is 20.3 Å². The van der Waals surface area contributed by atoms with Gasteiger partial charge in [-0.1, -0.05) is 11.6 Å². The van der Waals surface area contributed by atoms with Gasteiger partial charge in [0.25, 0.3) is 0 Å². The van der Waals surface area contributed by atoms with Crippen LogP contribution >= 0.6 is 11.6 Å². The Bertz CT molecular complexity index is 559. The Balaban J connectivity index is 2.10. The summed E-state index contributed by atoms with van der Waals surface area (Å²) >= 11 is 5.96. The number of imidazole rings is 1. The fourth-order valence-corrected chi connectivity index (χ4v) is 2.17. The summed E-state index contributed by atoms with van der Waals surface area (Å²) in [6.07, 6.45) is 3.64. The average molecular weight is 297 g/mol. The summed E-state index contributed by atoms with van der Waals surface area (Å²) in [5.74, 6) is 1.97. The largest absolute Gasteiger partial charge is 0.493 e. The number of ether oxygens (including phenoxy) is 2. The number of rotatable bonds is 6. The van der Waals surface area contributed by atoms with E-state index in [-0.39, 0.29) is 6.61 Å². The van der Waals surface area contributed by atoms with Gasteiger partial charge in [0.15, 0.2) is 11.5 Å². The average Bonchev–Trinajstić information content (AvgIpc) is 2.85. The van der Waals surface area contributed by atoms with E-state index in [1.807, 2.05) is 17.7 Å². The Morgan fingerprint density at radius 2 is 2.20 bits per heavy atom. The summed E-state index contributed by atoms with van der Waals surface area (Å²) in [5, 5.41) is 9.88. The molecule has 1 aromatic heterocycles. The Kier molecular flexibility index (Phi) is 4.87. The molecule has 5 nitrogen and oxygen atoms in total. The molecule has 0 aliphatic carbocycles. The Labute approximate surface area is 122 Å². The van der Waals surface area contributed by atoms with Crippen molar-refractivity contribution < 1.29 is 14.6 Å². The molecule has 0 spiro atoms. The van der Waals surface area contributed by atoms with Crippen LogP contribution in [-0.4, -0.2) is 28.4 Å². The van der Waals surface area contributed by atoms with Crippen molar-refractivity contribution in [1.82, 2.24) is 9.55 Å². The summed E-state index contributed by atoms with van der Waals surface area (Å²) in [5.41, 5.74) is 0.608. The topological polar surface area (TPSA) is 56.5 Å². The highest BCUT2D eigenvalue weighted by atomic mass is 35.5. The number of nitrogens with zero attached hydrogens (tertiary/aromatic N) is 2. The van der Waals surface area contributed by atoms with Gasteiger partial charge in [-0.25, -0.2) is 4.98 Å². The molecule has 0 aliphatic rings. The highest BCUT2D eigenvalue weighted by Crippen LogP contribution is 2.34. The zero-order valence-corrected chi connectivity index (χ0v) is 12.2. The van der Waals surface area contributed by atoms with Crippen molar-refractivity contribution in [2.45, 2.75) is 20.1 Å². The lowest BCUT2D eigenvalue weighted by Crippen LogP contribution is -2.10. The second kappa shape index (κ2) is 6.63. The molecule has 0 aliphatic heterocycles. The molecule has 0 saturated heterocycles. The van der Waals surface area contributed by atoms with Crippen LogP contribution in [0.2, 0.25) is 5.02 Å². The van der Waals surface area contributed by atoms with E-state index < -0.39 is 0 Å². The van der Waals surface area contributed by atoms with Crippen molar-refractivity contribution >= 4 is 11.6 Å². The monoisotopic (exact) mass is 296 g/mol. The van der Waals surface area contributed by atoms with E-state index in [1.165, 1.54) is 0 Å². The van der Waals surface area contributed by atoms with E-state index in [2.05, 4.69) is 4.98 Å². The summed E-state index contributed by atoms with van der Waals surface area (Å²) < 4.78 is 13.0. The third-order valence-corrected chi connectivity index (χ3v) is 3.21. The molecule has 0 atom stereocenters. The summed E-state index contributed by atoms with van der Waals surface area (Å²) in [4.78, 5) is 4.15. The first-order valence-electron chi connectivity index (χ1n) is 6.23. The maximum Gasteiger partial charge on any atom is 0.166 e. The predicted octanol–water partition coefficient (Wildman–Crippen LogP) is 2.42. The summed E-state index contributed by atoms with van der Waals surface area (Å²) in [7, 11) is 1.54. The van der Waals surface area contributed by atoms with Crippen LogP contribution in [0.25, 0.3) is 0 Å². The molecule has 0 bridgehead atoms. The van der Waals surface area contributed by atoms with E-state index >= 15 is 0 Å². The van der Waals surface area contributed by atoms with Crippen molar-refractivity contribution in [1.29, 1.82) is 0 Å². The third-order valence-electron chi connectivity index (χ3n) is 2.99. The SMILES string of the molecule is COc1cc(Cl)cc(CO)c1OCCn1ccnc1C. The second-order valence-corrected chi connectivity index (χ2v) is 4.71. The van der Waals surface area contributed by atoms with Crippen LogP contribution < -0.4 is 9.47 Å². The minimum absolute atomic E-state index is 0.156. The van der Waals surface area contributed by atoms with Crippen LogP contribution in [0.4, 0.5) is 0 Å². The minimum atomic E-state index is -0.156. The van der Waals surface area contributed by atoms with E-state index in [0.717, 1.165) is 5.82 Å². The van der Waals surface area contributed by atoms with Gasteiger partial charge in [-0.05, 0) is 13.0 Å². The number of hydrogen-bond donors (Lipinski definition) is 1. The van der Waals surface area contributed by atoms with Gasteiger partial charge in [-0.2, -0.15) is 0 Å². The Morgan fingerprint density at radius 3 is 2.80 bits per heavy atom. The van der Waals surface area contributed by atoms with Crippen molar-refractivity contribution in [3.63, 3.8) is 0 Å². The van der Waals surface area contributed by atoms with Gasteiger partial charge in [0, 0.05) is 29.0 Å². The Hall–Kier alpha value is -1.72. The maximum atomic E-state index is 9.38. The van der Waals surface area contributed by atoms with Crippen LogP contribution in [0, 0.1) is 6.92 Å². The van der Waals surface area contributed by atoms with Gasteiger partial charge in [0.2, 0.25) is 0 Å². The summed E-state index contributed by atoms with van der Waals surface area (Å²) in [6, 6.07) is 3.33. The standard InChI is InChI=1S/C14H17ClN2O3/c1-10-16-3-4-17(10)5-6-20-14-11(9-18)7-12(15)8-13(14)19-2/h3-4,7-8,18H,5-6,9H2,1-2H3. The van der Waals surface area contributed by atoms with Crippen molar-refractivity contribution in [3.05, 3.63) is 40.9 Å². The molecule has 1 heterocycles. The number of halogens is 1. The molecule has 0 radical (unpaired) electrons.